The fourth-order valence-corrected chi connectivity index (χ4v) is 5.31. The number of fused-ring (bicyclic) bond motifs is 1. The topological polar surface area (TPSA) is 115 Å². The molecule has 0 aliphatic carbocycles. The average molecular weight is 388 g/mol. The van der Waals surface area contributed by atoms with Crippen LogP contribution in [0.4, 0.5) is 10.8 Å². The zero-order valence-corrected chi connectivity index (χ0v) is 15.6. The molecule has 0 atom stereocenters. The number of aryl methyl sites for hydroxylation is 1. The van der Waals surface area contributed by atoms with Crippen molar-refractivity contribution in [1.82, 2.24) is 15.0 Å². The number of rotatable bonds is 4. The van der Waals surface area contributed by atoms with E-state index in [2.05, 4.69) is 30.6 Å². The molecule has 0 amide bonds. The minimum Gasteiger partial charge on any atom is -0.362 e. The van der Waals surface area contributed by atoms with Gasteiger partial charge in [-0.05, 0) is 25.3 Å². The number of hydrogen-bond acceptors (Lipinski definition) is 7. The van der Waals surface area contributed by atoms with Gasteiger partial charge >= 0.3 is 0 Å². The van der Waals surface area contributed by atoms with Crippen LogP contribution < -0.4 is 9.62 Å². The van der Waals surface area contributed by atoms with E-state index in [1.807, 2.05) is 6.92 Å². The van der Waals surface area contributed by atoms with E-state index in [-0.39, 0.29) is 10.2 Å². The smallest absolute Gasteiger partial charge is 0.290 e. The number of aromatic amines is 1. The highest BCUT2D eigenvalue weighted by Crippen LogP contribution is 2.32. The Hall–Kier alpha value is -2.64. The monoisotopic (exact) mass is 388 g/mol. The zero-order valence-electron chi connectivity index (χ0n) is 14.0. The van der Waals surface area contributed by atoms with E-state index in [0.29, 0.717) is 16.5 Å². The molecule has 134 valence electrons. The van der Waals surface area contributed by atoms with E-state index < -0.39 is 10.0 Å². The van der Waals surface area contributed by atoms with E-state index in [9.17, 15) is 13.7 Å². The van der Waals surface area contributed by atoms with Gasteiger partial charge in [0.1, 0.15) is 11.1 Å². The molecule has 1 saturated heterocycles. The summed E-state index contributed by atoms with van der Waals surface area (Å²) >= 11 is 1.15. The molecule has 1 aliphatic heterocycles. The number of H-pyrrole nitrogens is 1. The first-order valence-corrected chi connectivity index (χ1v) is 10.4. The van der Waals surface area contributed by atoms with Crippen LogP contribution in [0.1, 0.15) is 24.0 Å². The Bertz CT molecular complexity index is 1120. The fraction of sp³-hybridized carbons (Fsp3) is 0.312. The minimum absolute atomic E-state index is 0.00184. The molecule has 8 nitrogen and oxygen atoms in total. The molecule has 0 aromatic carbocycles. The van der Waals surface area contributed by atoms with E-state index in [1.165, 1.54) is 0 Å². The van der Waals surface area contributed by atoms with E-state index in [4.69, 9.17) is 0 Å². The summed E-state index contributed by atoms with van der Waals surface area (Å²) in [4.78, 5) is 13.3. The van der Waals surface area contributed by atoms with Crippen molar-refractivity contribution in [1.29, 1.82) is 5.26 Å². The summed E-state index contributed by atoms with van der Waals surface area (Å²) in [5.41, 5.74) is 1.73. The summed E-state index contributed by atoms with van der Waals surface area (Å²) in [5, 5.41) is 10.7. The Morgan fingerprint density at radius 1 is 1.31 bits per heavy atom. The van der Waals surface area contributed by atoms with Crippen molar-refractivity contribution < 1.29 is 8.42 Å². The average Bonchev–Trinajstić information content (AvgIpc) is 3.36. The van der Waals surface area contributed by atoms with E-state index >= 15 is 0 Å². The molecule has 0 bridgehead atoms. The first kappa shape index (κ1) is 16.8. The van der Waals surface area contributed by atoms with Gasteiger partial charge in [-0.15, -0.1) is 0 Å². The third-order valence-electron chi connectivity index (χ3n) is 4.37. The van der Waals surface area contributed by atoms with Crippen molar-refractivity contribution in [2.45, 2.75) is 24.1 Å². The number of pyridine rings is 1. The van der Waals surface area contributed by atoms with Gasteiger partial charge in [0.05, 0.1) is 17.3 Å². The number of hydrogen-bond donors (Lipinski definition) is 2. The number of thiazole rings is 1. The molecule has 3 aromatic rings. The van der Waals surface area contributed by atoms with Gasteiger partial charge in [0.25, 0.3) is 10.0 Å². The van der Waals surface area contributed by atoms with Crippen LogP contribution in [-0.2, 0) is 10.0 Å². The third kappa shape index (κ3) is 2.79. The van der Waals surface area contributed by atoms with Crippen molar-refractivity contribution in [3.05, 3.63) is 29.7 Å². The van der Waals surface area contributed by atoms with Gasteiger partial charge in [0.15, 0.2) is 5.82 Å². The highest BCUT2D eigenvalue weighted by molar-refractivity contribution is 7.94. The molecule has 1 aliphatic rings. The van der Waals surface area contributed by atoms with Gasteiger partial charge in [-0.3, -0.25) is 4.72 Å². The van der Waals surface area contributed by atoms with Crippen LogP contribution >= 0.6 is 11.3 Å². The molecule has 0 radical (unpaired) electrons. The molecule has 2 N–H and O–H groups in total. The number of nitrogens with one attached hydrogen (secondary N) is 2. The lowest BCUT2D eigenvalue weighted by molar-refractivity contribution is 0.600. The summed E-state index contributed by atoms with van der Waals surface area (Å²) in [6, 6.07) is 2.10. The van der Waals surface area contributed by atoms with Gasteiger partial charge in [-0.1, -0.05) is 11.3 Å². The number of anilines is 2. The molecule has 1 fully saturated rings. The summed E-state index contributed by atoms with van der Waals surface area (Å²) in [6.07, 6.45) is 6.92. The van der Waals surface area contributed by atoms with Gasteiger partial charge < -0.3 is 9.88 Å². The van der Waals surface area contributed by atoms with Gasteiger partial charge in [0, 0.05) is 30.9 Å². The van der Waals surface area contributed by atoms with Crippen molar-refractivity contribution >= 4 is 43.1 Å². The fourth-order valence-electron chi connectivity index (χ4n) is 3.10. The minimum atomic E-state index is -3.86. The SMILES string of the molecule is Cc1cnc(NS(=O)(=O)c2ncc(N3CCCC3)s2)c2[nH]cc(C#N)c12. The van der Waals surface area contributed by atoms with Crippen molar-refractivity contribution in [3.8, 4) is 6.07 Å². The van der Waals surface area contributed by atoms with Gasteiger partial charge in [-0.25, -0.2) is 9.97 Å². The van der Waals surface area contributed by atoms with Gasteiger partial charge in [-0.2, -0.15) is 13.7 Å². The Labute approximate surface area is 154 Å². The predicted molar refractivity (Wildman–Crippen MR) is 99.9 cm³/mol. The molecule has 3 aromatic heterocycles. The summed E-state index contributed by atoms with van der Waals surface area (Å²) in [7, 11) is -3.86. The van der Waals surface area contributed by atoms with Crippen LogP contribution in [0.25, 0.3) is 10.9 Å². The Morgan fingerprint density at radius 3 is 2.81 bits per heavy atom. The largest absolute Gasteiger partial charge is 0.362 e. The number of aromatic nitrogens is 3. The van der Waals surface area contributed by atoms with Crippen LogP contribution in [0, 0.1) is 18.3 Å². The molecule has 0 spiro atoms. The molecule has 4 heterocycles. The maximum atomic E-state index is 12.7. The van der Waals surface area contributed by atoms with Crippen molar-refractivity contribution in [3.63, 3.8) is 0 Å². The highest BCUT2D eigenvalue weighted by Gasteiger charge is 2.24. The molecule has 26 heavy (non-hydrogen) atoms. The molecule has 0 saturated carbocycles. The highest BCUT2D eigenvalue weighted by atomic mass is 32.2. The number of sulfonamides is 1. The van der Waals surface area contributed by atoms with Crippen LogP contribution in [0.5, 0.6) is 0 Å². The van der Waals surface area contributed by atoms with Crippen LogP contribution in [0.3, 0.4) is 0 Å². The lowest BCUT2D eigenvalue weighted by Gasteiger charge is -2.13. The van der Waals surface area contributed by atoms with Crippen molar-refractivity contribution in [2.24, 2.45) is 0 Å². The van der Waals surface area contributed by atoms with Crippen LogP contribution in [0.15, 0.2) is 22.9 Å². The lowest BCUT2D eigenvalue weighted by atomic mass is 10.1. The summed E-state index contributed by atoms with van der Waals surface area (Å²) < 4.78 is 28.0. The second kappa shape index (κ2) is 6.26. The van der Waals surface area contributed by atoms with E-state index in [1.54, 1.807) is 18.6 Å². The Kier molecular flexibility index (Phi) is 4.05. The van der Waals surface area contributed by atoms with Crippen LogP contribution in [-0.4, -0.2) is 36.5 Å². The molecule has 10 heteroatoms. The van der Waals surface area contributed by atoms with Gasteiger partial charge in [0.2, 0.25) is 4.34 Å². The lowest BCUT2D eigenvalue weighted by Crippen LogP contribution is -2.16. The maximum Gasteiger partial charge on any atom is 0.290 e. The zero-order chi connectivity index (χ0) is 18.3. The quantitative estimate of drug-likeness (QED) is 0.710. The number of nitriles is 1. The first-order valence-electron chi connectivity index (χ1n) is 8.10. The Morgan fingerprint density at radius 2 is 2.08 bits per heavy atom. The van der Waals surface area contributed by atoms with Crippen LogP contribution in [0.2, 0.25) is 0 Å². The molecule has 4 rings (SSSR count). The molecular formula is C16H16N6O2S2. The summed E-state index contributed by atoms with van der Waals surface area (Å²) in [6.45, 7) is 3.68. The normalized spacial score (nSPS) is 14.7. The Balaban J connectivity index is 1.68. The second-order valence-corrected chi connectivity index (χ2v) is 8.98. The third-order valence-corrected chi connectivity index (χ3v) is 7.16. The predicted octanol–water partition coefficient (Wildman–Crippen LogP) is 2.60. The standard InChI is InChI=1S/C16H16N6O2S2/c1-10-7-19-15(14-13(10)11(6-17)8-18-14)21-26(23,24)16-20-9-12(25-16)22-4-2-3-5-22/h7-9,18H,2-5H2,1H3,(H,19,21). The first-order chi connectivity index (χ1) is 12.5. The van der Waals surface area contributed by atoms with E-state index in [0.717, 1.165) is 47.8 Å². The summed E-state index contributed by atoms with van der Waals surface area (Å²) in [5.74, 6) is 0.157. The number of nitrogens with zero attached hydrogens (tertiary/aromatic N) is 4. The van der Waals surface area contributed by atoms with Crippen molar-refractivity contribution in [2.75, 3.05) is 22.7 Å². The second-order valence-electron chi connectivity index (χ2n) is 6.12. The molecular weight excluding hydrogens is 372 g/mol. The molecule has 0 unspecified atom stereocenters. The maximum absolute atomic E-state index is 12.7.